The highest BCUT2D eigenvalue weighted by atomic mass is 127. The van der Waals surface area contributed by atoms with Crippen LogP contribution in [0.1, 0.15) is 39.2 Å². The van der Waals surface area contributed by atoms with Gasteiger partial charge >= 0.3 is 6.09 Å². The van der Waals surface area contributed by atoms with Crippen molar-refractivity contribution in [2.24, 2.45) is 10.9 Å². The summed E-state index contributed by atoms with van der Waals surface area (Å²) in [5.41, 5.74) is 0.536. The van der Waals surface area contributed by atoms with E-state index in [1.807, 2.05) is 32.7 Å². The first-order valence-electron chi connectivity index (χ1n) is 9.82. The van der Waals surface area contributed by atoms with Gasteiger partial charge in [-0.05, 0) is 57.2 Å². The molecule has 1 fully saturated rings. The quantitative estimate of drug-likeness (QED) is 0.369. The third-order valence-electron chi connectivity index (χ3n) is 4.63. The predicted molar refractivity (Wildman–Crippen MR) is 125 cm³/mol. The molecule has 0 spiro atoms. The van der Waals surface area contributed by atoms with Crippen molar-refractivity contribution in [2.75, 3.05) is 33.7 Å². The lowest BCUT2D eigenvalue weighted by Crippen LogP contribution is -2.47. The lowest BCUT2D eigenvalue weighted by atomic mass is 9.98. The van der Waals surface area contributed by atoms with Gasteiger partial charge in [0.1, 0.15) is 11.4 Å². The van der Waals surface area contributed by atoms with E-state index in [1.54, 1.807) is 24.1 Å². The smallest absolute Gasteiger partial charge is 0.410 e. The molecule has 1 N–H and O–H groups in total. The molecule has 164 valence electrons. The standard InChI is InChI=1S/C21H33FN4O2.HI/c1-21(2,3)28-20(27)26-12-6-7-17(15-26)13-24-19(23-4)25(5)14-16-8-10-18(22)11-9-16;/h8-11,17H,6-7,12-15H2,1-5H3,(H,23,24);1H. The second kappa shape index (κ2) is 11.6. The highest BCUT2D eigenvalue weighted by molar-refractivity contribution is 14.0. The van der Waals surface area contributed by atoms with E-state index >= 15 is 0 Å². The number of benzene rings is 1. The molecule has 1 aliphatic rings. The Hall–Kier alpha value is -1.58. The van der Waals surface area contributed by atoms with Crippen LogP contribution in [0, 0.1) is 11.7 Å². The molecule has 29 heavy (non-hydrogen) atoms. The van der Waals surface area contributed by atoms with Gasteiger partial charge in [0.05, 0.1) is 0 Å². The molecule has 0 aromatic heterocycles. The van der Waals surface area contributed by atoms with Crippen molar-refractivity contribution >= 4 is 36.0 Å². The minimum absolute atomic E-state index is 0. The zero-order valence-corrected chi connectivity index (χ0v) is 20.4. The minimum atomic E-state index is -0.479. The molecule has 0 radical (unpaired) electrons. The Morgan fingerprint density at radius 1 is 1.34 bits per heavy atom. The van der Waals surface area contributed by atoms with Crippen molar-refractivity contribution in [1.82, 2.24) is 15.1 Å². The van der Waals surface area contributed by atoms with Crippen LogP contribution in [0.25, 0.3) is 0 Å². The molecule has 1 atom stereocenters. The van der Waals surface area contributed by atoms with Crippen LogP contribution in [-0.2, 0) is 11.3 Å². The number of piperidine rings is 1. The van der Waals surface area contributed by atoms with E-state index < -0.39 is 5.60 Å². The lowest BCUT2D eigenvalue weighted by Gasteiger charge is -2.34. The predicted octanol–water partition coefficient (Wildman–Crippen LogP) is 4.10. The number of hydrogen-bond donors (Lipinski definition) is 1. The Bertz CT molecular complexity index is 676. The maximum Gasteiger partial charge on any atom is 0.410 e. The number of hydrogen-bond acceptors (Lipinski definition) is 3. The van der Waals surface area contributed by atoms with E-state index in [1.165, 1.54) is 12.1 Å². The highest BCUT2D eigenvalue weighted by Gasteiger charge is 2.27. The Kier molecular flexibility index (Phi) is 10.2. The van der Waals surface area contributed by atoms with Gasteiger partial charge in [-0.3, -0.25) is 4.99 Å². The van der Waals surface area contributed by atoms with E-state index in [9.17, 15) is 9.18 Å². The largest absolute Gasteiger partial charge is 0.444 e. The number of carbonyl (C=O) groups is 1. The summed E-state index contributed by atoms with van der Waals surface area (Å²) in [4.78, 5) is 20.5. The van der Waals surface area contributed by atoms with Crippen molar-refractivity contribution in [1.29, 1.82) is 0 Å². The first kappa shape index (κ1) is 25.5. The molecule has 6 nitrogen and oxygen atoms in total. The number of rotatable bonds is 4. The van der Waals surface area contributed by atoms with Crippen LogP contribution >= 0.6 is 24.0 Å². The number of likely N-dealkylation sites (tertiary alicyclic amines) is 1. The minimum Gasteiger partial charge on any atom is -0.444 e. The van der Waals surface area contributed by atoms with Crippen molar-refractivity contribution in [3.63, 3.8) is 0 Å². The molecule has 8 heteroatoms. The number of guanidine groups is 1. The molecule has 1 aromatic carbocycles. The Morgan fingerprint density at radius 3 is 2.59 bits per heavy atom. The molecule has 1 unspecified atom stereocenters. The third kappa shape index (κ3) is 8.76. The van der Waals surface area contributed by atoms with Crippen LogP contribution in [0.3, 0.4) is 0 Å². The molecule has 1 heterocycles. The average Bonchev–Trinajstić information content (AvgIpc) is 2.63. The van der Waals surface area contributed by atoms with Crippen molar-refractivity contribution in [3.8, 4) is 0 Å². The molecule has 1 aromatic rings. The van der Waals surface area contributed by atoms with Crippen LogP contribution < -0.4 is 5.32 Å². The average molecular weight is 520 g/mol. The second-order valence-corrected chi connectivity index (χ2v) is 8.35. The number of carbonyl (C=O) groups excluding carboxylic acids is 1. The zero-order valence-electron chi connectivity index (χ0n) is 18.1. The Balaban J connectivity index is 0.00000420. The van der Waals surface area contributed by atoms with Gasteiger partial charge in [-0.25, -0.2) is 9.18 Å². The fourth-order valence-electron chi connectivity index (χ4n) is 3.28. The molecular formula is C21H34FIN4O2. The van der Waals surface area contributed by atoms with Crippen LogP contribution in [0.2, 0.25) is 0 Å². The Labute approximate surface area is 190 Å². The molecule has 2 rings (SSSR count). The Morgan fingerprint density at radius 2 is 2.00 bits per heavy atom. The molecule has 0 saturated carbocycles. The molecule has 0 bridgehead atoms. The number of nitrogens with zero attached hydrogens (tertiary/aromatic N) is 3. The van der Waals surface area contributed by atoms with E-state index in [4.69, 9.17) is 4.74 Å². The van der Waals surface area contributed by atoms with Crippen molar-refractivity contribution in [3.05, 3.63) is 35.6 Å². The first-order valence-corrected chi connectivity index (χ1v) is 9.82. The summed E-state index contributed by atoms with van der Waals surface area (Å²) < 4.78 is 18.6. The van der Waals surface area contributed by atoms with Gasteiger partial charge in [0.25, 0.3) is 0 Å². The third-order valence-corrected chi connectivity index (χ3v) is 4.63. The van der Waals surface area contributed by atoms with Crippen molar-refractivity contribution in [2.45, 2.75) is 45.8 Å². The number of ether oxygens (including phenoxy) is 1. The van der Waals surface area contributed by atoms with Gasteiger partial charge in [0.15, 0.2) is 5.96 Å². The van der Waals surface area contributed by atoms with Gasteiger partial charge in [-0.2, -0.15) is 0 Å². The summed E-state index contributed by atoms with van der Waals surface area (Å²) in [6.45, 7) is 8.44. The summed E-state index contributed by atoms with van der Waals surface area (Å²) in [5.74, 6) is 0.886. The van der Waals surface area contributed by atoms with Gasteiger partial charge in [0, 0.05) is 40.3 Å². The lowest BCUT2D eigenvalue weighted by molar-refractivity contribution is 0.0168. The van der Waals surface area contributed by atoms with E-state index in [2.05, 4.69) is 10.3 Å². The van der Waals surface area contributed by atoms with Gasteiger partial charge in [-0.15, -0.1) is 24.0 Å². The van der Waals surface area contributed by atoms with E-state index in [0.29, 0.717) is 19.0 Å². The van der Waals surface area contributed by atoms with Crippen LogP contribution in [0.15, 0.2) is 29.3 Å². The molecular weight excluding hydrogens is 486 g/mol. The summed E-state index contributed by atoms with van der Waals surface area (Å²) in [5, 5.41) is 3.40. The number of aliphatic imine (C=N–C) groups is 1. The first-order chi connectivity index (χ1) is 13.2. The van der Waals surface area contributed by atoms with Crippen molar-refractivity contribution < 1.29 is 13.9 Å². The van der Waals surface area contributed by atoms with E-state index in [0.717, 1.165) is 37.5 Å². The summed E-state index contributed by atoms with van der Waals surface area (Å²) >= 11 is 0. The normalized spacial score (nSPS) is 17.4. The highest BCUT2D eigenvalue weighted by Crippen LogP contribution is 2.19. The molecule has 0 aliphatic carbocycles. The maximum absolute atomic E-state index is 13.1. The molecule has 1 saturated heterocycles. The van der Waals surface area contributed by atoms with Gasteiger partial charge in [-0.1, -0.05) is 12.1 Å². The van der Waals surface area contributed by atoms with Crippen LogP contribution in [0.4, 0.5) is 9.18 Å². The summed E-state index contributed by atoms with van der Waals surface area (Å²) in [6, 6.07) is 6.48. The number of halogens is 2. The fraction of sp³-hybridized carbons (Fsp3) is 0.619. The van der Waals surface area contributed by atoms with Gasteiger partial charge < -0.3 is 19.9 Å². The SMILES string of the molecule is CN=C(NCC1CCCN(C(=O)OC(C)(C)C)C1)N(C)Cc1ccc(F)cc1.I. The molecule has 1 aliphatic heterocycles. The van der Waals surface area contributed by atoms with Gasteiger partial charge in [0.2, 0.25) is 0 Å². The summed E-state index contributed by atoms with van der Waals surface area (Å²) in [7, 11) is 3.70. The van der Waals surface area contributed by atoms with Crippen LogP contribution in [0.5, 0.6) is 0 Å². The number of nitrogens with one attached hydrogen (secondary N) is 1. The summed E-state index contributed by atoms with van der Waals surface area (Å²) in [6.07, 6.45) is 1.79. The maximum atomic E-state index is 13.1. The monoisotopic (exact) mass is 520 g/mol. The zero-order chi connectivity index (χ0) is 20.7. The fourth-order valence-corrected chi connectivity index (χ4v) is 3.28. The second-order valence-electron chi connectivity index (χ2n) is 8.35. The topological polar surface area (TPSA) is 57.2 Å². The van der Waals surface area contributed by atoms with E-state index in [-0.39, 0.29) is 35.9 Å². The molecule has 1 amide bonds. The van der Waals surface area contributed by atoms with Crippen LogP contribution in [-0.4, -0.2) is 61.2 Å². The number of amides is 1.